The van der Waals surface area contributed by atoms with Crippen molar-refractivity contribution in [2.45, 2.75) is 6.42 Å². The quantitative estimate of drug-likeness (QED) is 0.275. The van der Waals surface area contributed by atoms with Gasteiger partial charge in [-0.15, -0.1) is 23.2 Å². The lowest BCUT2D eigenvalue weighted by molar-refractivity contribution is -0.134. The zero-order chi connectivity index (χ0) is 13.3. The Morgan fingerprint density at radius 3 is 1.24 bits per heavy atom. The van der Waals surface area contributed by atoms with Crippen LogP contribution in [-0.2, 0) is 19.2 Å². The summed E-state index contributed by atoms with van der Waals surface area (Å²) in [6, 6.07) is 0. The van der Waals surface area contributed by atoms with Gasteiger partial charge in [-0.1, -0.05) is 0 Å². The Hall–Kier alpha value is -1.54. The predicted molar refractivity (Wildman–Crippen MR) is 58.6 cm³/mol. The van der Waals surface area contributed by atoms with E-state index in [1.165, 1.54) is 0 Å². The van der Waals surface area contributed by atoms with E-state index in [9.17, 15) is 19.2 Å². The van der Waals surface area contributed by atoms with Crippen LogP contribution in [-0.4, -0.2) is 35.4 Å². The molecule has 0 fully saturated rings. The molecule has 0 unspecified atom stereocenters. The molecule has 17 heavy (non-hydrogen) atoms. The number of rotatable bonds is 4. The number of nitrogens with one attached hydrogen (secondary N) is 4. The fourth-order valence-electron chi connectivity index (χ4n) is 0.580. The largest absolute Gasteiger partial charge is 0.273 e. The van der Waals surface area contributed by atoms with Crippen molar-refractivity contribution < 1.29 is 19.2 Å². The van der Waals surface area contributed by atoms with Gasteiger partial charge in [-0.25, -0.2) is 0 Å². The van der Waals surface area contributed by atoms with Gasteiger partial charge in [0.05, 0.1) is 0 Å². The predicted octanol–water partition coefficient (Wildman–Crippen LogP) is -1.85. The summed E-state index contributed by atoms with van der Waals surface area (Å²) in [5.74, 6) is -3.40. The van der Waals surface area contributed by atoms with Crippen LogP contribution >= 0.6 is 23.2 Å². The molecule has 0 aliphatic carbocycles. The van der Waals surface area contributed by atoms with Gasteiger partial charge < -0.3 is 0 Å². The first-order valence-electron chi connectivity index (χ1n) is 4.27. The molecule has 0 heterocycles. The molecule has 0 aromatic rings. The maximum absolute atomic E-state index is 11.0. The summed E-state index contributed by atoms with van der Waals surface area (Å²) in [7, 11) is 0. The molecule has 0 rings (SSSR count). The summed E-state index contributed by atoms with van der Waals surface area (Å²) in [4.78, 5) is 43.3. The summed E-state index contributed by atoms with van der Waals surface area (Å²) in [5.41, 5.74) is 7.80. The zero-order valence-electron chi connectivity index (χ0n) is 8.51. The number of hydrogen-bond acceptors (Lipinski definition) is 4. The summed E-state index contributed by atoms with van der Waals surface area (Å²) in [6.45, 7) is 0. The summed E-state index contributed by atoms with van der Waals surface area (Å²) in [5, 5.41) is 0. The van der Waals surface area contributed by atoms with Crippen molar-refractivity contribution in [2.24, 2.45) is 0 Å². The molecule has 0 aromatic heterocycles. The molecule has 0 radical (unpaired) electrons. The standard InChI is InChI=1S/C7H10Cl2N4O4/c8-2-6(16)12-10-4(14)1-5(15)11-13-7(17)3-9/h1-3H2,(H,10,14)(H,11,15)(H,12,16)(H,13,17). The van der Waals surface area contributed by atoms with E-state index in [1.807, 2.05) is 21.7 Å². The van der Waals surface area contributed by atoms with Crippen LogP contribution in [0.25, 0.3) is 0 Å². The average Bonchev–Trinajstić information content (AvgIpc) is 2.32. The monoisotopic (exact) mass is 284 g/mol. The highest BCUT2D eigenvalue weighted by Crippen LogP contribution is 1.79. The third kappa shape index (κ3) is 8.29. The maximum Gasteiger partial charge on any atom is 0.253 e. The van der Waals surface area contributed by atoms with Gasteiger partial charge in [0.2, 0.25) is 11.8 Å². The van der Waals surface area contributed by atoms with Crippen molar-refractivity contribution in [3.63, 3.8) is 0 Å². The van der Waals surface area contributed by atoms with E-state index in [0.29, 0.717) is 0 Å². The van der Waals surface area contributed by atoms with Gasteiger partial charge in [0, 0.05) is 0 Å². The van der Waals surface area contributed by atoms with Gasteiger partial charge in [0.25, 0.3) is 11.8 Å². The molecule has 4 amide bonds. The van der Waals surface area contributed by atoms with E-state index >= 15 is 0 Å². The normalized spacial score (nSPS) is 9.06. The van der Waals surface area contributed by atoms with E-state index < -0.39 is 30.0 Å². The molecule has 0 saturated carbocycles. The minimum atomic E-state index is -0.763. The average molecular weight is 285 g/mol. The Labute approximate surface area is 106 Å². The molecule has 10 heteroatoms. The van der Waals surface area contributed by atoms with Crippen LogP contribution in [0.1, 0.15) is 6.42 Å². The Kier molecular flexibility index (Phi) is 7.82. The van der Waals surface area contributed by atoms with Crippen LogP contribution in [0.5, 0.6) is 0 Å². The van der Waals surface area contributed by atoms with Crippen LogP contribution in [0.2, 0.25) is 0 Å². The van der Waals surface area contributed by atoms with Gasteiger partial charge in [-0.3, -0.25) is 40.9 Å². The van der Waals surface area contributed by atoms with Crippen molar-refractivity contribution in [1.29, 1.82) is 0 Å². The van der Waals surface area contributed by atoms with Crippen molar-refractivity contribution in [3.8, 4) is 0 Å². The number of alkyl halides is 2. The minimum Gasteiger partial charge on any atom is -0.273 e. The van der Waals surface area contributed by atoms with Crippen LogP contribution in [0.15, 0.2) is 0 Å². The molecule has 4 N–H and O–H groups in total. The van der Waals surface area contributed by atoms with Gasteiger partial charge in [0.15, 0.2) is 0 Å². The smallest absolute Gasteiger partial charge is 0.253 e. The molecule has 0 aromatic carbocycles. The molecular weight excluding hydrogens is 275 g/mol. The molecule has 0 spiro atoms. The number of carbonyl (C=O) groups is 4. The van der Waals surface area contributed by atoms with Crippen LogP contribution in [0.3, 0.4) is 0 Å². The number of halogens is 2. The SMILES string of the molecule is O=C(CCl)NNC(=O)CC(=O)NNC(=O)CCl. The first-order chi connectivity index (χ1) is 7.99. The molecule has 0 atom stereocenters. The van der Waals surface area contributed by atoms with Gasteiger partial charge >= 0.3 is 0 Å². The minimum absolute atomic E-state index is 0.321. The zero-order valence-corrected chi connectivity index (χ0v) is 10.0. The lowest BCUT2D eigenvalue weighted by atomic mass is 10.4. The van der Waals surface area contributed by atoms with Gasteiger partial charge in [-0.05, 0) is 0 Å². The lowest BCUT2D eigenvalue weighted by Crippen LogP contribution is -2.47. The van der Waals surface area contributed by atoms with Gasteiger partial charge in [0.1, 0.15) is 18.2 Å². The maximum atomic E-state index is 11.0. The molecule has 0 aliphatic rings. The Bertz CT molecular complexity index is 293. The molecule has 0 bridgehead atoms. The second-order valence-corrected chi connectivity index (χ2v) is 3.17. The summed E-state index contributed by atoms with van der Waals surface area (Å²) in [6.07, 6.45) is -0.578. The van der Waals surface area contributed by atoms with Crippen molar-refractivity contribution in [2.75, 3.05) is 11.8 Å². The van der Waals surface area contributed by atoms with Crippen molar-refractivity contribution in [1.82, 2.24) is 21.7 Å². The third-order valence-electron chi connectivity index (χ3n) is 1.25. The van der Waals surface area contributed by atoms with E-state index in [2.05, 4.69) is 0 Å². The number of amides is 4. The third-order valence-corrected chi connectivity index (χ3v) is 1.73. The second-order valence-electron chi connectivity index (χ2n) is 2.64. The topological polar surface area (TPSA) is 116 Å². The number of carbonyl (C=O) groups excluding carboxylic acids is 4. The van der Waals surface area contributed by atoms with E-state index in [1.54, 1.807) is 0 Å². The molecule has 0 aliphatic heterocycles. The van der Waals surface area contributed by atoms with E-state index in [4.69, 9.17) is 23.2 Å². The highest BCUT2D eigenvalue weighted by atomic mass is 35.5. The van der Waals surface area contributed by atoms with Crippen molar-refractivity contribution >= 4 is 46.8 Å². The van der Waals surface area contributed by atoms with Crippen LogP contribution < -0.4 is 21.7 Å². The first-order valence-corrected chi connectivity index (χ1v) is 5.33. The highest BCUT2D eigenvalue weighted by Gasteiger charge is 2.10. The number of hydrogen-bond donors (Lipinski definition) is 4. The first kappa shape index (κ1) is 15.5. The fourth-order valence-corrected chi connectivity index (χ4v) is 0.713. The summed E-state index contributed by atoms with van der Waals surface area (Å²) < 4.78 is 0. The molecule has 96 valence electrons. The van der Waals surface area contributed by atoms with Crippen LogP contribution in [0, 0.1) is 0 Å². The van der Waals surface area contributed by atoms with Crippen molar-refractivity contribution in [3.05, 3.63) is 0 Å². The van der Waals surface area contributed by atoms with Crippen LogP contribution in [0.4, 0.5) is 0 Å². The second kappa shape index (κ2) is 8.59. The Balaban J connectivity index is 3.77. The van der Waals surface area contributed by atoms with E-state index in [-0.39, 0.29) is 11.8 Å². The molecule has 0 saturated heterocycles. The molecular formula is C7H10Cl2N4O4. The Morgan fingerprint density at radius 1 is 0.647 bits per heavy atom. The van der Waals surface area contributed by atoms with Gasteiger partial charge in [-0.2, -0.15) is 0 Å². The summed E-state index contributed by atoms with van der Waals surface area (Å²) >= 11 is 10.3. The highest BCUT2D eigenvalue weighted by molar-refractivity contribution is 6.27. The molecule has 8 nitrogen and oxygen atoms in total. The lowest BCUT2D eigenvalue weighted by Gasteiger charge is -2.07. The Morgan fingerprint density at radius 2 is 0.941 bits per heavy atom. The fraction of sp³-hybridized carbons (Fsp3) is 0.429. The number of hydrazine groups is 2. The van der Waals surface area contributed by atoms with E-state index in [0.717, 1.165) is 0 Å².